The molecule has 7 aliphatic rings. The second-order valence-electron chi connectivity index (χ2n) is 10.5. The molecule has 182 valence electrons. The molecule has 0 amide bonds. The lowest BCUT2D eigenvalue weighted by molar-refractivity contribution is -0.424. The number of carbonyl (C=O) groups is 1. The van der Waals surface area contributed by atoms with Crippen LogP contribution in [0.2, 0.25) is 0 Å². The van der Waals surface area contributed by atoms with Crippen molar-refractivity contribution < 1.29 is 54.0 Å². The van der Waals surface area contributed by atoms with Crippen molar-refractivity contribution in [2.75, 3.05) is 13.2 Å². The van der Waals surface area contributed by atoms with E-state index >= 15 is 0 Å². The van der Waals surface area contributed by atoms with Crippen molar-refractivity contribution in [1.82, 2.24) is 0 Å². The minimum atomic E-state index is -1.60. The van der Waals surface area contributed by atoms with Gasteiger partial charge < -0.3 is 49.2 Å². The fourth-order valence-electron chi connectivity index (χ4n) is 6.62. The third-order valence-electron chi connectivity index (χ3n) is 8.17. The van der Waals surface area contributed by atoms with E-state index < -0.39 is 71.9 Å². The van der Waals surface area contributed by atoms with Crippen LogP contribution in [-0.2, 0) is 28.5 Å². The first-order chi connectivity index (χ1) is 14.9. The molecule has 5 N–H and O–H groups in total. The summed E-state index contributed by atoms with van der Waals surface area (Å²) in [4.78, 5) is 12.3. The van der Waals surface area contributed by atoms with Crippen molar-refractivity contribution in [3.8, 4) is 0 Å². The monoisotopic (exact) mass is 460 g/mol. The smallest absolute Gasteiger partial charge is 0.306 e. The first-order valence-electron chi connectivity index (χ1n) is 11.1. The van der Waals surface area contributed by atoms with Gasteiger partial charge in [-0.15, -0.1) is 0 Å². The number of esters is 1. The van der Waals surface area contributed by atoms with E-state index in [2.05, 4.69) is 0 Å². The predicted octanol–water partition coefficient (Wildman–Crippen LogP) is -1.63. The molecule has 7 rings (SSSR count). The minimum Gasteiger partial charge on any atom is -0.465 e. The van der Waals surface area contributed by atoms with Gasteiger partial charge in [0.1, 0.15) is 42.2 Å². The van der Waals surface area contributed by atoms with Gasteiger partial charge >= 0.3 is 5.97 Å². The highest BCUT2D eigenvalue weighted by atomic mass is 16.8. The lowest BCUT2D eigenvalue weighted by Crippen LogP contribution is -2.80. The molecule has 4 saturated heterocycles. The molecule has 6 bridgehead atoms. The number of rotatable bonds is 7. The van der Waals surface area contributed by atoms with Crippen LogP contribution in [0.25, 0.3) is 0 Å². The molecule has 11 atom stereocenters. The Kier molecular flexibility index (Phi) is 5.05. The average molecular weight is 460 g/mol. The summed E-state index contributed by atoms with van der Waals surface area (Å²) in [6.45, 7) is 4.88. The van der Waals surface area contributed by atoms with Crippen molar-refractivity contribution >= 4 is 5.97 Å². The van der Waals surface area contributed by atoms with E-state index in [1.165, 1.54) is 0 Å². The third kappa shape index (κ3) is 2.65. The van der Waals surface area contributed by atoms with Crippen LogP contribution in [0.3, 0.4) is 0 Å². The van der Waals surface area contributed by atoms with Crippen molar-refractivity contribution in [3.63, 3.8) is 0 Å². The Morgan fingerprint density at radius 2 is 1.88 bits per heavy atom. The zero-order chi connectivity index (χ0) is 23.3. The normalized spacial score (nSPS) is 55.3. The van der Waals surface area contributed by atoms with Crippen molar-refractivity contribution in [1.29, 1.82) is 0 Å². The van der Waals surface area contributed by atoms with Crippen LogP contribution in [0.4, 0.5) is 0 Å². The van der Waals surface area contributed by atoms with E-state index in [-0.39, 0.29) is 31.3 Å². The van der Waals surface area contributed by atoms with Crippen LogP contribution >= 0.6 is 0 Å². The summed E-state index contributed by atoms with van der Waals surface area (Å²) in [6, 6.07) is 0. The number of hydrogen-bond acceptors (Lipinski definition) is 11. The van der Waals surface area contributed by atoms with Crippen LogP contribution in [0.1, 0.15) is 40.0 Å². The maximum atomic E-state index is 12.3. The average Bonchev–Trinajstić information content (AvgIpc) is 2.88. The van der Waals surface area contributed by atoms with Gasteiger partial charge in [0.2, 0.25) is 0 Å². The van der Waals surface area contributed by atoms with Crippen LogP contribution in [0.5, 0.6) is 0 Å². The van der Waals surface area contributed by atoms with E-state index in [4.69, 9.17) is 23.7 Å². The van der Waals surface area contributed by atoms with Crippen molar-refractivity contribution in [2.45, 2.75) is 94.0 Å². The van der Waals surface area contributed by atoms with Crippen LogP contribution in [-0.4, -0.2) is 98.7 Å². The molecule has 0 spiro atoms. The first kappa shape index (κ1) is 22.9. The molecule has 32 heavy (non-hydrogen) atoms. The molecule has 11 nitrogen and oxygen atoms in total. The summed E-state index contributed by atoms with van der Waals surface area (Å²) < 4.78 is 29.5. The highest BCUT2D eigenvalue weighted by Crippen LogP contribution is 2.81. The fourth-order valence-corrected chi connectivity index (χ4v) is 6.62. The molecular formula is C21H32O11. The quantitative estimate of drug-likeness (QED) is 0.277. The van der Waals surface area contributed by atoms with Crippen LogP contribution in [0, 0.1) is 17.3 Å². The molecule has 0 aromatic heterocycles. The number of aliphatic hydroxyl groups excluding tert-OH is 4. The van der Waals surface area contributed by atoms with Gasteiger partial charge in [-0.2, -0.15) is 0 Å². The number of carbonyl (C=O) groups excluding carboxylic acids is 1. The third-order valence-corrected chi connectivity index (χ3v) is 8.17. The summed E-state index contributed by atoms with van der Waals surface area (Å²) in [5, 5.41) is 51.4. The Balaban J connectivity index is 1.45. The lowest BCUT2D eigenvalue weighted by atomic mass is 9.41. The topological polar surface area (TPSA) is 164 Å². The van der Waals surface area contributed by atoms with Gasteiger partial charge in [0.15, 0.2) is 18.4 Å². The van der Waals surface area contributed by atoms with E-state index in [0.29, 0.717) is 6.42 Å². The van der Waals surface area contributed by atoms with E-state index in [9.17, 15) is 30.3 Å². The SMILES string of the molecule is CC(C)CC(=O)OC[C@]12[C@H]3O[C@]4(O)C[C@](C)(O3)[C@@]1(O[C@@H]1O[C@H](CO)[C@@H](O)[C@H](O)[C@H]1O)C[C@H]24. The lowest BCUT2D eigenvalue weighted by Gasteiger charge is -2.67. The molecule has 4 aliphatic heterocycles. The molecular weight excluding hydrogens is 428 g/mol. The van der Waals surface area contributed by atoms with Gasteiger partial charge in [0.25, 0.3) is 0 Å². The Bertz CT molecular complexity index is 790. The first-order valence-corrected chi connectivity index (χ1v) is 11.1. The van der Waals surface area contributed by atoms with Gasteiger partial charge in [-0.3, -0.25) is 4.79 Å². The van der Waals surface area contributed by atoms with Crippen molar-refractivity contribution in [2.24, 2.45) is 17.3 Å². The zero-order valence-corrected chi connectivity index (χ0v) is 18.3. The summed E-state index contributed by atoms with van der Waals surface area (Å²) in [6.07, 6.45) is -7.46. The van der Waals surface area contributed by atoms with Gasteiger partial charge in [0, 0.05) is 18.8 Å². The largest absolute Gasteiger partial charge is 0.465 e. The highest BCUT2D eigenvalue weighted by Gasteiger charge is 2.94. The molecule has 0 unspecified atom stereocenters. The van der Waals surface area contributed by atoms with E-state index in [1.54, 1.807) is 6.92 Å². The van der Waals surface area contributed by atoms with Crippen LogP contribution in [0.15, 0.2) is 0 Å². The maximum Gasteiger partial charge on any atom is 0.306 e. The second-order valence-corrected chi connectivity index (χ2v) is 10.5. The summed E-state index contributed by atoms with van der Waals surface area (Å²) in [5.74, 6) is -2.14. The Labute approximate surface area is 185 Å². The predicted molar refractivity (Wildman–Crippen MR) is 102 cm³/mol. The van der Waals surface area contributed by atoms with Gasteiger partial charge in [-0.1, -0.05) is 13.8 Å². The van der Waals surface area contributed by atoms with E-state index in [1.807, 2.05) is 13.8 Å². The van der Waals surface area contributed by atoms with Crippen LogP contribution < -0.4 is 0 Å². The molecule has 7 fully saturated rings. The molecule has 0 aromatic rings. The van der Waals surface area contributed by atoms with E-state index in [0.717, 1.165) is 0 Å². The molecule has 11 heteroatoms. The molecule has 4 heterocycles. The second kappa shape index (κ2) is 7.06. The summed E-state index contributed by atoms with van der Waals surface area (Å²) >= 11 is 0. The Hall–Kier alpha value is -0.890. The maximum absolute atomic E-state index is 12.3. The number of aliphatic hydroxyl groups is 5. The standard InChI is InChI=1S/C21H32O11/c1-9(2)4-12(23)28-8-19-11-5-21(19,18(3)7-20(11,27)32-17(19)31-18)30-16-15(26)14(25)13(24)10(6-22)29-16/h9-11,13-17,22,24-27H,4-8H2,1-3H3/t10-,11-,13-,14+,15-,16+,17-,18+,19+,20-,21+/m1/s1. The molecule has 3 saturated carbocycles. The Morgan fingerprint density at radius 3 is 2.53 bits per heavy atom. The van der Waals surface area contributed by atoms with Crippen molar-refractivity contribution in [3.05, 3.63) is 0 Å². The summed E-state index contributed by atoms with van der Waals surface area (Å²) in [5.41, 5.74) is -3.22. The number of ether oxygens (including phenoxy) is 5. The fraction of sp³-hybridized carbons (Fsp3) is 0.952. The zero-order valence-electron chi connectivity index (χ0n) is 18.3. The van der Waals surface area contributed by atoms with Gasteiger partial charge in [-0.25, -0.2) is 0 Å². The molecule has 3 aliphatic carbocycles. The summed E-state index contributed by atoms with van der Waals surface area (Å²) in [7, 11) is 0. The highest BCUT2D eigenvalue weighted by molar-refractivity contribution is 5.69. The Morgan fingerprint density at radius 1 is 1.16 bits per heavy atom. The minimum absolute atomic E-state index is 0.108. The number of hydrogen-bond donors (Lipinski definition) is 5. The molecule has 0 radical (unpaired) electrons. The van der Waals surface area contributed by atoms with Gasteiger partial charge in [-0.05, 0) is 19.3 Å². The molecule has 0 aromatic carbocycles. The van der Waals surface area contributed by atoms with Gasteiger partial charge in [0.05, 0.1) is 12.0 Å².